The second-order valence-electron chi connectivity index (χ2n) is 8.70. The van der Waals surface area contributed by atoms with Crippen molar-refractivity contribution in [3.8, 4) is 17.1 Å². The summed E-state index contributed by atoms with van der Waals surface area (Å²) in [6.45, 7) is 6.92. The first-order chi connectivity index (χ1) is 16.0. The van der Waals surface area contributed by atoms with Crippen molar-refractivity contribution in [2.24, 2.45) is 0 Å². The van der Waals surface area contributed by atoms with E-state index in [0.717, 1.165) is 29.9 Å². The van der Waals surface area contributed by atoms with Gasteiger partial charge in [0.05, 0.1) is 25.5 Å². The highest BCUT2D eigenvalue weighted by molar-refractivity contribution is 5.73. The number of aryl methyl sites for hydroxylation is 1. The van der Waals surface area contributed by atoms with Crippen LogP contribution in [0, 0.1) is 6.92 Å². The van der Waals surface area contributed by atoms with Gasteiger partial charge < -0.3 is 33.7 Å². The van der Waals surface area contributed by atoms with Crippen LogP contribution in [0.4, 0.5) is 10.5 Å². The van der Waals surface area contributed by atoms with Gasteiger partial charge >= 0.3 is 6.09 Å². The lowest BCUT2D eigenvalue weighted by Gasteiger charge is -2.35. The first-order valence-electron chi connectivity index (χ1n) is 11.4. The molecule has 0 radical (unpaired) electrons. The molecular weight excluding hydrogens is 426 g/mol. The largest absolute Gasteiger partial charge is 0.476 e. The summed E-state index contributed by atoms with van der Waals surface area (Å²) in [6.07, 6.45) is -0.169. The van der Waals surface area contributed by atoms with Gasteiger partial charge in [-0.15, -0.1) is 0 Å². The molecule has 2 fully saturated rings. The Morgan fingerprint density at radius 2 is 1.97 bits per heavy atom. The summed E-state index contributed by atoms with van der Waals surface area (Å²) < 4.78 is 19.2. The number of fused-ring (bicyclic) bond motifs is 3. The quantitative estimate of drug-likeness (QED) is 0.754. The maximum Gasteiger partial charge on any atom is 0.407 e. The van der Waals surface area contributed by atoms with Crippen LogP contribution in [0.25, 0.3) is 11.3 Å². The molecule has 2 saturated heterocycles. The molecule has 1 aromatic carbocycles. The van der Waals surface area contributed by atoms with Crippen LogP contribution in [0.15, 0.2) is 29.1 Å². The minimum absolute atomic E-state index is 0.0428. The van der Waals surface area contributed by atoms with Crippen molar-refractivity contribution in [1.82, 2.24) is 9.47 Å². The maximum absolute atomic E-state index is 12.8. The van der Waals surface area contributed by atoms with E-state index in [1.807, 2.05) is 6.92 Å². The third-order valence-electron chi connectivity index (χ3n) is 6.68. The average Bonchev–Trinajstić information content (AvgIpc) is 2.85. The molecule has 9 heteroatoms. The average molecular weight is 456 g/mol. The molecule has 0 aliphatic carbocycles. The molecule has 176 valence electrons. The third kappa shape index (κ3) is 4.30. The smallest absolute Gasteiger partial charge is 0.407 e. The summed E-state index contributed by atoms with van der Waals surface area (Å²) in [5.74, 6) is 0.564. The maximum atomic E-state index is 12.8. The van der Waals surface area contributed by atoms with Gasteiger partial charge in [-0.25, -0.2) is 4.79 Å². The second kappa shape index (κ2) is 9.07. The van der Waals surface area contributed by atoms with Gasteiger partial charge in [0, 0.05) is 55.6 Å². The first-order valence-corrected chi connectivity index (χ1v) is 11.4. The van der Waals surface area contributed by atoms with Crippen LogP contribution in [-0.2, 0) is 22.4 Å². The zero-order valence-electron chi connectivity index (χ0n) is 18.8. The monoisotopic (exact) mass is 455 g/mol. The predicted octanol–water partition coefficient (Wildman–Crippen LogP) is 1.97. The van der Waals surface area contributed by atoms with Gasteiger partial charge in [-0.1, -0.05) is 6.07 Å². The predicted molar refractivity (Wildman–Crippen MR) is 122 cm³/mol. The lowest BCUT2D eigenvalue weighted by Crippen LogP contribution is -2.48. The number of hydrogen-bond donors (Lipinski definition) is 1. The minimum atomic E-state index is -0.863. The number of carbonyl (C=O) groups is 1. The summed E-state index contributed by atoms with van der Waals surface area (Å²) in [7, 11) is 0. The molecule has 0 bridgehead atoms. The van der Waals surface area contributed by atoms with Crippen LogP contribution in [0.1, 0.15) is 11.1 Å². The lowest BCUT2D eigenvalue weighted by molar-refractivity contribution is -0.102. The van der Waals surface area contributed by atoms with Crippen molar-refractivity contribution in [2.75, 3.05) is 57.5 Å². The van der Waals surface area contributed by atoms with E-state index in [4.69, 9.17) is 14.2 Å². The lowest BCUT2D eigenvalue weighted by atomic mass is 9.93. The van der Waals surface area contributed by atoms with Gasteiger partial charge in [0.2, 0.25) is 0 Å². The molecule has 9 nitrogen and oxygen atoms in total. The standard InChI is InChI=1S/C24H29N3O6/c1-16-21(28)13-22(33-15-19-14-31-10-11-32-19)27-5-4-17-12-18(2-3-20(17)23(16)27)25-6-8-26(9-7-25)24(29)30/h2-3,12-13,19H,4-11,14-15H2,1H3,(H,29,30)/t19-/m0/s1. The highest BCUT2D eigenvalue weighted by Crippen LogP contribution is 2.36. The van der Waals surface area contributed by atoms with Crippen LogP contribution in [-0.4, -0.2) is 79.4 Å². The molecule has 3 aliphatic rings. The van der Waals surface area contributed by atoms with Crippen molar-refractivity contribution in [2.45, 2.75) is 26.0 Å². The molecule has 0 saturated carbocycles. The van der Waals surface area contributed by atoms with E-state index >= 15 is 0 Å². The number of aromatic nitrogens is 1. The molecule has 33 heavy (non-hydrogen) atoms. The van der Waals surface area contributed by atoms with Gasteiger partial charge in [0.1, 0.15) is 12.7 Å². The van der Waals surface area contributed by atoms with Crippen LogP contribution in [0.2, 0.25) is 0 Å². The van der Waals surface area contributed by atoms with Gasteiger partial charge in [-0.3, -0.25) is 4.79 Å². The van der Waals surface area contributed by atoms with Crippen molar-refractivity contribution in [3.05, 3.63) is 45.6 Å². The van der Waals surface area contributed by atoms with Crippen LogP contribution < -0.4 is 15.1 Å². The highest BCUT2D eigenvalue weighted by Gasteiger charge is 2.25. The fourth-order valence-electron chi connectivity index (χ4n) is 4.83. The molecule has 1 atom stereocenters. The zero-order chi connectivity index (χ0) is 22.9. The fourth-order valence-corrected chi connectivity index (χ4v) is 4.83. The Bertz CT molecular complexity index is 1100. The number of amides is 1. The number of ether oxygens (including phenoxy) is 3. The topological polar surface area (TPSA) is 93.5 Å². The van der Waals surface area contributed by atoms with Crippen LogP contribution in [0.5, 0.6) is 5.88 Å². The Labute approximate surface area is 192 Å². The molecular formula is C24H29N3O6. The molecule has 3 aliphatic heterocycles. The third-order valence-corrected chi connectivity index (χ3v) is 6.68. The number of anilines is 1. The van der Waals surface area contributed by atoms with Gasteiger partial charge in [-0.2, -0.15) is 0 Å². The van der Waals surface area contributed by atoms with Crippen LogP contribution in [0.3, 0.4) is 0 Å². The number of hydrogen-bond acceptors (Lipinski definition) is 6. The summed E-state index contributed by atoms with van der Waals surface area (Å²) in [5, 5.41) is 9.19. The molecule has 1 amide bonds. The van der Waals surface area contributed by atoms with E-state index in [1.54, 1.807) is 6.07 Å². The van der Waals surface area contributed by atoms with Crippen molar-refractivity contribution < 1.29 is 24.1 Å². The number of benzene rings is 1. The van der Waals surface area contributed by atoms with Crippen molar-refractivity contribution in [3.63, 3.8) is 0 Å². The molecule has 0 unspecified atom stereocenters. The van der Waals surface area contributed by atoms with E-state index in [9.17, 15) is 14.7 Å². The Morgan fingerprint density at radius 1 is 1.15 bits per heavy atom. The number of piperazine rings is 1. The Hall–Kier alpha value is -3.04. The van der Waals surface area contributed by atoms with Gasteiger partial charge in [0.25, 0.3) is 0 Å². The summed E-state index contributed by atoms with van der Waals surface area (Å²) in [4.78, 5) is 27.6. The number of pyridine rings is 1. The van der Waals surface area contributed by atoms with E-state index < -0.39 is 6.09 Å². The molecule has 2 aromatic rings. The fraction of sp³-hybridized carbons (Fsp3) is 0.500. The second-order valence-corrected chi connectivity index (χ2v) is 8.70. The summed E-state index contributed by atoms with van der Waals surface area (Å²) in [6, 6.07) is 7.90. The minimum Gasteiger partial charge on any atom is -0.476 e. The van der Waals surface area contributed by atoms with E-state index in [2.05, 4.69) is 27.7 Å². The molecule has 5 rings (SSSR count). The Kier molecular flexibility index (Phi) is 5.99. The summed E-state index contributed by atoms with van der Waals surface area (Å²) in [5.41, 5.74) is 4.90. The van der Waals surface area contributed by atoms with E-state index in [-0.39, 0.29) is 11.5 Å². The Morgan fingerprint density at radius 3 is 2.70 bits per heavy atom. The number of rotatable bonds is 4. The molecule has 1 aromatic heterocycles. The Balaban J connectivity index is 1.40. The number of carboxylic acid groups (broad SMARTS) is 1. The number of nitrogens with zero attached hydrogens (tertiary/aromatic N) is 3. The first kappa shape index (κ1) is 21.8. The zero-order valence-corrected chi connectivity index (χ0v) is 18.8. The highest BCUT2D eigenvalue weighted by atomic mass is 16.6. The van der Waals surface area contributed by atoms with Crippen LogP contribution >= 0.6 is 0 Å². The van der Waals surface area contributed by atoms with Crippen molar-refractivity contribution >= 4 is 11.8 Å². The SMILES string of the molecule is Cc1c2n(c(OC[C@@H]3COCCO3)cc1=O)CCc1cc(N3CCN(C(=O)O)CC3)ccc1-2. The van der Waals surface area contributed by atoms with E-state index in [0.29, 0.717) is 64.0 Å². The molecule has 1 N–H and O–H groups in total. The normalized spacial score (nSPS) is 20.2. The molecule has 4 heterocycles. The summed E-state index contributed by atoms with van der Waals surface area (Å²) >= 11 is 0. The van der Waals surface area contributed by atoms with E-state index in [1.165, 1.54) is 10.5 Å². The van der Waals surface area contributed by atoms with Gasteiger partial charge in [-0.05, 0) is 31.0 Å². The van der Waals surface area contributed by atoms with Crippen molar-refractivity contribution in [1.29, 1.82) is 0 Å². The van der Waals surface area contributed by atoms with Gasteiger partial charge in [0.15, 0.2) is 11.3 Å². The molecule has 0 spiro atoms.